The molecule has 0 aromatic carbocycles. The van der Waals surface area contributed by atoms with Crippen molar-refractivity contribution < 1.29 is 41.9 Å². The molecule has 1 rings (SSSR count). The van der Waals surface area contributed by atoms with Gasteiger partial charge in [0.15, 0.2) is 0 Å². The van der Waals surface area contributed by atoms with Crippen LogP contribution in [0.15, 0.2) is 0 Å². The number of nitrogens with one attached hydrogen (secondary N) is 3. The van der Waals surface area contributed by atoms with Gasteiger partial charge < -0.3 is 31.5 Å². The second kappa shape index (κ2) is 16.3. The summed E-state index contributed by atoms with van der Waals surface area (Å²) in [7, 11) is 0. The molecule has 0 spiro atoms. The number of primary amides is 1. The molecule has 6 amide bonds. The van der Waals surface area contributed by atoms with Gasteiger partial charge in [0.05, 0.1) is 12.6 Å². The molecular weight excluding hydrogens is 561 g/mol. The summed E-state index contributed by atoms with van der Waals surface area (Å²) in [6, 6.07) is -4.86. The van der Waals surface area contributed by atoms with E-state index in [-0.39, 0.29) is 25.4 Å². The zero-order valence-electron chi connectivity index (χ0n) is 25.1. The number of urea groups is 1. The van der Waals surface area contributed by atoms with Crippen molar-refractivity contribution in [3.63, 3.8) is 0 Å². The van der Waals surface area contributed by atoms with Crippen molar-refractivity contribution in [1.29, 1.82) is 0 Å². The van der Waals surface area contributed by atoms with E-state index in [1.54, 1.807) is 25.7 Å². The molecule has 12 nitrogen and oxygen atoms in total. The summed E-state index contributed by atoms with van der Waals surface area (Å²) < 4.78 is 38.3. The number of rotatable bonds is 15. The van der Waals surface area contributed by atoms with Gasteiger partial charge in [-0.3, -0.25) is 24.0 Å². The maximum atomic E-state index is 13.6. The number of nitrogens with zero attached hydrogens (tertiary/aromatic N) is 2. The minimum Gasteiger partial charge on any atom is -0.363 e. The Labute approximate surface area is 244 Å². The van der Waals surface area contributed by atoms with Gasteiger partial charge in [-0.25, -0.2) is 4.79 Å². The lowest BCUT2D eigenvalue weighted by atomic mass is 9.85. The summed E-state index contributed by atoms with van der Waals surface area (Å²) in [4.78, 5) is 78.2. The third kappa shape index (κ3) is 11.8. The number of likely N-dealkylation sites (tertiary alicyclic amines) is 1. The third-order valence-corrected chi connectivity index (χ3v) is 6.99. The first-order valence-electron chi connectivity index (χ1n) is 14.3. The smallest absolute Gasteiger partial charge is 0.363 e. The molecule has 0 bridgehead atoms. The maximum Gasteiger partial charge on any atom is 0.389 e. The fraction of sp³-hybridized carbons (Fsp3) is 0.778. The van der Waals surface area contributed by atoms with E-state index in [2.05, 4.69) is 16.0 Å². The number of ketones is 1. The minimum absolute atomic E-state index is 0.117. The Morgan fingerprint density at radius 3 is 2.19 bits per heavy atom. The van der Waals surface area contributed by atoms with E-state index in [1.165, 1.54) is 4.90 Å². The lowest BCUT2D eigenvalue weighted by Crippen LogP contribution is -2.60. The Bertz CT molecular complexity index is 984. The number of likely N-dealkylation sites (N-methyl/N-ethyl adjacent to an activating group) is 1. The fourth-order valence-corrected chi connectivity index (χ4v) is 4.60. The molecule has 5 N–H and O–H groups in total. The van der Waals surface area contributed by atoms with Gasteiger partial charge in [-0.2, -0.15) is 13.2 Å². The van der Waals surface area contributed by atoms with Crippen molar-refractivity contribution in [1.82, 2.24) is 25.8 Å². The van der Waals surface area contributed by atoms with Crippen molar-refractivity contribution in [2.75, 3.05) is 26.2 Å². The molecule has 15 heteroatoms. The average Bonchev–Trinajstić information content (AvgIpc) is 3.39. The number of unbranched alkanes of at least 4 members (excludes halogenated alkanes) is 2. The molecule has 0 aromatic rings. The maximum absolute atomic E-state index is 13.6. The molecule has 1 aliphatic heterocycles. The number of carbonyl (C=O) groups is 6. The standard InChI is InChI=1S/C27H45F3N6O6/c1-6-8-9-14-35(7-2)19(37)16-32-25(42)34-21(26(3,4)5)24(41)36-15-10-11-18(36)23(40)33-17(20(38)22(31)39)12-13-27(28,29)30/h17-18,21H,6-16H2,1-5H3,(H2,31,39)(H,33,40)(H2,32,34,42). The van der Waals surface area contributed by atoms with Crippen LogP contribution in [0.4, 0.5) is 18.0 Å². The molecule has 1 saturated heterocycles. The van der Waals surface area contributed by atoms with E-state index in [0.717, 1.165) is 19.3 Å². The van der Waals surface area contributed by atoms with Gasteiger partial charge in [0.1, 0.15) is 12.1 Å². The fourth-order valence-electron chi connectivity index (χ4n) is 4.60. The molecule has 1 aliphatic rings. The van der Waals surface area contributed by atoms with E-state index >= 15 is 0 Å². The molecule has 3 unspecified atom stereocenters. The second-order valence-corrected chi connectivity index (χ2v) is 11.4. The highest BCUT2D eigenvalue weighted by Gasteiger charge is 2.43. The SMILES string of the molecule is CCCCCN(CC)C(=O)CNC(=O)NC(C(=O)N1CCCC1C(=O)NC(CCC(F)(F)F)C(=O)C(N)=O)C(C)(C)C. The Morgan fingerprint density at radius 1 is 1.02 bits per heavy atom. The van der Waals surface area contributed by atoms with Crippen LogP contribution in [0.2, 0.25) is 0 Å². The first-order valence-corrected chi connectivity index (χ1v) is 14.3. The number of nitrogens with two attached hydrogens (primary N) is 1. The van der Waals surface area contributed by atoms with Crippen molar-refractivity contribution in [3.8, 4) is 0 Å². The van der Waals surface area contributed by atoms with Gasteiger partial charge in [-0.05, 0) is 38.0 Å². The van der Waals surface area contributed by atoms with Crippen LogP contribution in [-0.4, -0.2) is 95.7 Å². The normalized spacial score (nSPS) is 16.8. The Kier molecular flexibility index (Phi) is 14.2. The van der Waals surface area contributed by atoms with Crippen LogP contribution < -0.4 is 21.7 Å². The third-order valence-electron chi connectivity index (χ3n) is 6.99. The van der Waals surface area contributed by atoms with Crippen LogP contribution in [0.3, 0.4) is 0 Å². The highest BCUT2D eigenvalue weighted by Crippen LogP contribution is 2.27. The zero-order chi connectivity index (χ0) is 32.3. The van der Waals surface area contributed by atoms with Gasteiger partial charge in [0.25, 0.3) is 5.91 Å². The molecule has 1 fully saturated rings. The van der Waals surface area contributed by atoms with E-state index in [1.807, 2.05) is 13.8 Å². The molecule has 0 aliphatic carbocycles. The lowest BCUT2D eigenvalue weighted by Gasteiger charge is -2.35. The number of carbonyl (C=O) groups excluding carboxylic acids is 6. The largest absolute Gasteiger partial charge is 0.389 e. The molecule has 0 radical (unpaired) electrons. The van der Waals surface area contributed by atoms with Crippen molar-refractivity contribution in [3.05, 3.63) is 0 Å². The van der Waals surface area contributed by atoms with E-state index in [0.29, 0.717) is 19.5 Å². The number of halogens is 3. The van der Waals surface area contributed by atoms with Crippen LogP contribution in [0.5, 0.6) is 0 Å². The molecule has 0 saturated carbocycles. The van der Waals surface area contributed by atoms with Crippen molar-refractivity contribution in [2.45, 2.75) is 104 Å². The quantitative estimate of drug-likeness (QED) is 0.163. The average molecular weight is 607 g/mol. The van der Waals surface area contributed by atoms with E-state index in [4.69, 9.17) is 5.73 Å². The summed E-state index contributed by atoms with van der Waals surface area (Å²) in [5, 5.41) is 7.22. The van der Waals surface area contributed by atoms with Gasteiger partial charge in [-0.1, -0.05) is 40.5 Å². The van der Waals surface area contributed by atoms with Crippen molar-refractivity contribution >= 4 is 35.4 Å². The number of alkyl halides is 3. The Hall–Kier alpha value is -3.39. The monoisotopic (exact) mass is 606 g/mol. The lowest BCUT2D eigenvalue weighted by molar-refractivity contribution is -0.146. The summed E-state index contributed by atoms with van der Waals surface area (Å²) in [6.07, 6.45) is -3.63. The first kappa shape index (κ1) is 36.6. The van der Waals surface area contributed by atoms with E-state index < -0.39 is 72.1 Å². The molecule has 42 heavy (non-hydrogen) atoms. The van der Waals surface area contributed by atoms with Crippen LogP contribution in [0.1, 0.15) is 79.6 Å². The molecule has 0 aromatic heterocycles. The van der Waals surface area contributed by atoms with Gasteiger partial charge in [0, 0.05) is 26.1 Å². The number of Topliss-reactive ketones (excluding diaryl/α,β-unsaturated/α-hetero) is 1. The van der Waals surface area contributed by atoms with Crippen LogP contribution in [0, 0.1) is 5.41 Å². The number of hydrogen-bond donors (Lipinski definition) is 4. The van der Waals surface area contributed by atoms with Crippen LogP contribution >= 0.6 is 0 Å². The van der Waals surface area contributed by atoms with Crippen molar-refractivity contribution in [2.24, 2.45) is 11.1 Å². The van der Waals surface area contributed by atoms with E-state index in [9.17, 15) is 41.9 Å². The van der Waals surface area contributed by atoms with Crippen LogP contribution in [0.25, 0.3) is 0 Å². The second-order valence-electron chi connectivity index (χ2n) is 11.4. The van der Waals surface area contributed by atoms with Gasteiger partial charge in [0.2, 0.25) is 23.5 Å². The van der Waals surface area contributed by atoms with Gasteiger partial charge in [-0.15, -0.1) is 0 Å². The highest BCUT2D eigenvalue weighted by atomic mass is 19.4. The summed E-state index contributed by atoms with van der Waals surface area (Å²) >= 11 is 0. The molecule has 240 valence electrons. The number of hydrogen-bond acceptors (Lipinski definition) is 6. The number of amides is 6. The topological polar surface area (TPSA) is 171 Å². The predicted molar refractivity (Wildman–Crippen MR) is 148 cm³/mol. The van der Waals surface area contributed by atoms with Crippen LogP contribution in [-0.2, 0) is 24.0 Å². The molecule has 3 atom stereocenters. The summed E-state index contributed by atoms with van der Waals surface area (Å²) in [5.41, 5.74) is 4.12. The predicted octanol–water partition coefficient (Wildman–Crippen LogP) is 1.61. The zero-order valence-corrected chi connectivity index (χ0v) is 25.1. The summed E-state index contributed by atoms with van der Waals surface area (Å²) in [5.74, 6) is -4.68. The van der Waals surface area contributed by atoms with Gasteiger partial charge >= 0.3 is 12.2 Å². The Balaban J connectivity index is 2.96. The summed E-state index contributed by atoms with van der Waals surface area (Å²) in [6.45, 7) is 9.85. The Morgan fingerprint density at radius 2 is 1.67 bits per heavy atom. The highest BCUT2D eigenvalue weighted by molar-refractivity contribution is 6.37. The first-order chi connectivity index (χ1) is 19.4. The molecular formula is C27H45F3N6O6. The molecule has 1 heterocycles. The minimum atomic E-state index is -4.64.